The van der Waals surface area contributed by atoms with Gasteiger partial charge >= 0.3 is 6.18 Å². The van der Waals surface area contributed by atoms with Crippen LogP contribution in [0.5, 0.6) is 0 Å². The van der Waals surface area contributed by atoms with Crippen LogP contribution in [-0.2, 0) is 9.59 Å². The molecule has 1 heterocycles. The summed E-state index contributed by atoms with van der Waals surface area (Å²) in [6.45, 7) is -0.340. The molecular weight excluding hydrogens is 319 g/mol. The monoisotopic (exact) mass is 335 g/mol. The zero-order valence-corrected chi connectivity index (χ0v) is 13.2. The quantitative estimate of drug-likeness (QED) is 0.773. The molecule has 0 N–H and O–H groups in total. The lowest BCUT2D eigenvalue weighted by atomic mass is 10.3. The van der Waals surface area contributed by atoms with E-state index in [4.69, 9.17) is 0 Å². The molecule has 0 aliphatic carbocycles. The zero-order valence-electron chi connectivity index (χ0n) is 12.3. The Morgan fingerprint density at radius 1 is 1.36 bits per heavy atom. The summed E-state index contributed by atoms with van der Waals surface area (Å²) in [5, 5.41) is 2.46. The van der Waals surface area contributed by atoms with E-state index in [0.29, 0.717) is 10.6 Å². The number of aryl methyl sites for hydroxylation is 1. The summed E-state index contributed by atoms with van der Waals surface area (Å²) in [5.74, 6) is -1.48. The first-order chi connectivity index (χ1) is 10.1. The molecule has 0 aliphatic heterocycles. The molecule has 0 atom stereocenters. The Kier molecular flexibility index (Phi) is 6.10. The highest BCUT2D eigenvalue weighted by atomic mass is 32.1. The largest absolute Gasteiger partial charge is 0.406 e. The van der Waals surface area contributed by atoms with Gasteiger partial charge in [-0.15, -0.1) is 11.3 Å². The van der Waals surface area contributed by atoms with Crippen LogP contribution in [0.1, 0.15) is 10.7 Å². The summed E-state index contributed by atoms with van der Waals surface area (Å²) in [5.41, 5.74) is 0.488. The molecule has 1 aromatic rings. The average molecular weight is 335 g/mol. The van der Waals surface area contributed by atoms with E-state index in [1.807, 2.05) is 0 Å². The van der Waals surface area contributed by atoms with Crippen molar-refractivity contribution in [2.45, 2.75) is 13.1 Å². The number of thiazole rings is 1. The number of halogens is 3. The number of alkyl halides is 3. The first kappa shape index (κ1) is 18.1. The standard InChI is InChI=1S/C13H16F3N3O2S/c1-9-17-10(7-22-9)4-5-11(20)19(8-13(14,15)16)6-12(21)18(2)3/h4-5,7H,6,8H2,1-3H3. The molecule has 2 amide bonds. The van der Waals surface area contributed by atoms with Gasteiger partial charge in [0, 0.05) is 25.6 Å². The highest BCUT2D eigenvalue weighted by Gasteiger charge is 2.33. The van der Waals surface area contributed by atoms with E-state index >= 15 is 0 Å². The molecular formula is C13H16F3N3O2S. The summed E-state index contributed by atoms with van der Waals surface area (Å²) in [6.07, 6.45) is -2.26. The highest BCUT2D eigenvalue weighted by molar-refractivity contribution is 7.09. The molecule has 9 heteroatoms. The number of aromatic nitrogens is 1. The van der Waals surface area contributed by atoms with Crippen LogP contribution in [-0.4, -0.2) is 60.0 Å². The van der Waals surface area contributed by atoms with Crippen molar-refractivity contribution < 1.29 is 22.8 Å². The molecule has 5 nitrogen and oxygen atoms in total. The molecule has 0 saturated heterocycles. The minimum atomic E-state index is -4.58. The Morgan fingerprint density at radius 2 is 2.00 bits per heavy atom. The second-order valence-corrected chi connectivity index (χ2v) is 5.78. The van der Waals surface area contributed by atoms with Crippen molar-refractivity contribution in [1.82, 2.24) is 14.8 Å². The van der Waals surface area contributed by atoms with Crippen molar-refractivity contribution in [2.75, 3.05) is 27.2 Å². The van der Waals surface area contributed by atoms with E-state index < -0.39 is 31.1 Å². The molecule has 0 aromatic carbocycles. The minimum Gasteiger partial charge on any atom is -0.347 e. The predicted molar refractivity (Wildman–Crippen MR) is 77.2 cm³/mol. The summed E-state index contributed by atoms with van der Waals surface area (Å²) >= 11 is 1.36. The average Bonchev–Trinajstić information content (AvgIpc) is 2.79. The van der Waals surface area contributed by atoms with Crippen LogP contribution >= 0.6 is 11.3 Å². The Hall–Kier alpha value is -1.90. The molecule has 0 fully saturated rings. The SMILES string of the molecule is Cc1nc(C=CC(=O)N(CC(=O)N(C)C)CC(F)(F)F)cs1. The normalized spacial score (nSPS) is 11.7. The van der Waals surface area contributed by atoms with Gasteiger partial charge in [-0.3, -0.25) is 9.59 Å². The van der Waals surface area contributed by atoms with Crippen molar-refractivity contribution in [3.63, 3.8) is 0 Å². The summed E-state index contributed by atoms with van der Waals surface area (Å²) in [4.78, 5) is 29.1. The van der Waals surface area contributed by atoms with Gasteiger partial charge in [-0.25, -0.2) is 4.98 Å². The van der Waals surface area contributed by atoms with Crippen LogP contribution in [0.25, 0.3) is 6.08 Å². The van der Waals surface area contributed by atoms with Crippen molar-refractivity contribution in [1.29, 1.82) is 0 Å². The lowest BCUT2D eigenvalue weighted by Gasteiger charge is -2.23. The number of nitrogens with zero attached hydrogens (tertiary/aromatic N) is 3. The van der Waals surface area contributed by atoms with Crippen LogP contribution in [0.4, 0.5) is 13.2 Å². The van der Waals surface area contributed by atoms with Crippen LogP contribution in [0, 0.1) is 6.92 Å². The molecule has 0 bridgehead atoms. The first-order valence-electron chi connectivity index (χ1n) is 6.24. The molecule has 1 aromatic heterocycles. The van der Waals surface area contributed by atoms with Gasteiger partial charge in [0.2, 0.25) is 11.8 Å². The molecule has 22 heavy (non-hydrogen) atoms. The summed E-state index contributed by atoms with van der Waals surface area (Å²) < 4.78 is 37.6. The van der Waals surface area contributed by atoms with Gasteiger partial charge in [0.05, 0.1) is 10.7 Å². The Labute approximate surface area is 130 Å². The van der Waals surface area contributed by atoms with Gasteiger partial charge in [-0.2, -0.15) is 13.2 Å². The number of carbonyl (C=O) groups is 2. The van der Waals surface area contributed by atoms with Gasteiger partial charge in [0.25, 0.3) is 0 Å². The van der Waals surface area contributed by atoms with Crippen LogP contribution in [0.15, 0.2) is 11.5 Å². The second-order valence-electron chi connectivity index (χ2n) is 4.72. The lowest BCUT2D eigenvalue weighted by molar-refractivity contribution is -0.161. The molecule has 0 aliphatic rings. The number of hydrogen-bond donors (Lipinski definition) is 0. The van der Waals surface area contributed by atoms with E-state index in [0.717, 1.165) is 16.0 Å². The number of carbonyl (C=O) groups excluding carboxylic acids is 2. The fraction of sp³-hybridized carbons (Fsp3) is 0.462. The third kappa shape index (κ3) is 6.25. The van der Waals surface area contributed by atoms with E-state index in [9.17, 15) is 22.8 Å². The Bertz CT molecular complexity index is 567. The fourth-order valence-corrected chi connectivity index (χ4v) is 2.03. The van der Waals surface area contributed by atoms with Gasteiger partial charge in [0.1, 0.15) is 13.1 Å². The first-order valence-corrected chi connectivity index (χ1v) is 7.12. The van der Waals surface area contributed by atoms with Crippen molar-refractivity contribution in [3.05, 3.63) is 22.2 Å². The van der Waals surface area contributed by atoms with Gasteiger partial charge < -0.3 is 9.80 Å². The third-order valence-corrected chi connectivity index (χ3v) is 3.33. The van der Waals surface area contributed by atoms with Gasteiger partial charge in [0.15, 0.2) is 0 Å². The minimum absolute atomic E-state index is 0.456. The Morgan fingerprint density at radius 3 is 2.45 bits per heavy atom. The summed E-state index contributed by atoms with van der Waals surface area (Å²) in [6, 6.07) is 0. The molecule has 0 unspecified atom stereocenters. The number of amides is 2. The number of hydrogen-bond acceptors (Lipinski definition) is 4. The van der Waals surface area contributed by atoms with Crippen molar-refractivity contribution in [2.24, 2.45) is 0 Å². The van der Waals surface area contributed by atoms with Crippen LogP contribution in [0.3, 0.4) is 0 Å². The Balaban J connectivity index is 2.82. The van der Waals surface area contributed by atoms with E-state index in [-0.39, 0.29) is 0 Å². The third-order valence-electron chi connectivity index (χ3n) is 2.54. The molecule has 0 saturated carbocycles. The summed E-state index contributed by atoms with van der Waals surface area (Å²) in [7, 11) is 2.82. The van der Waals surface area contributed by atoms with Crippen LogP contribution < -0.4 is 0 Å². The van der Waals surface area contributed by atoms with Gasteiger partial charge in [-0.1, -0.05) is 0 Å². The molecule has 1 rings (SSSR count). The maximum Gasteiger partial charge on any atom is 0.406 e. The fourth-order valence-electron chi connectivity index (χ4n) is 1.45. The smallest absolute Gasteiger partial charge is 0.347 e. The van der Waals surface area contributed by atoms with Crippen molar-refractivity contribution >= 4 is 29.2 Å². The molecule has 122 valence electrons. The van der Waals surface area contributed by atoms with Crippen molar-refractivity contribution in [3.8, 4) is 0 Å². The number of likely N-dealkylation sites (N-methyl/N-ethyl adjacent to an activating group) is 1. The highest BCUT2D eigenvalue weighted by Crippen LogP contribution is 2.17. The van der Waals surface area contributed by atoms with Crippen LogP contribution in [0.2, 0.25) is 0 Å². The maximum atomic E-state index is 12.5. The molecule has 0 radical (unpaired) electrons. The molecule has 0 spiro atoms. The number of rotatable bonds is 5. The topological polar surface area (TPSA) is 53.5 Å². The van der Waals surface area contributed by atoms with Gasteiger partial charge in [-0.05, 0) is 13.0 Å². The predicted octanol–water partition coefficient (Wildman–Crippen LogP) is 1.94. The van der Waals surface area contributed by atoms with E-state index in [1.54, 1.807) is 12.3 Å². The second kappa shape index (κ2) is 7.39. The zero-order chi connectivity index (χ0) is 16.9. The maximum absolute atomic E-state index is 12.5. The van der Waals surface area contributed by atoms with E-state index in [1.165, 1.54) is 31.5 Å². The van der Waals surface area contributed by atoms with E-state index in [2.05, 4.69) is 4.98 Å². The lowest BCUT2D eigenvalue weighted by Crippen LogP contribution is -2.44.